The lowest BCUT2D eigenvalue weighted by Crippen LogP contribution is -2.15. The molecule has 1 N–H and O–H groups in total. The van der Waals surface area contributed by atoms with E-state index >= 15 is 0 Å². The van der Waals surface area contributed by atoms with Gasteiger partial charge in [-0.25, -0.2) is 0 Å². The Kier molecular flexibility index (Phi) is 5.13. The fourth-order valence-electron chi connectivity index (χ4n) is 1.44. The fourth-order valence-corrected chi connectivity index (χ4v) is 3.01. The molecule has 0 bridgehead atoms. The van der Waals surface area contributed by atoms with Gasteiger partial charge in [-0.15, -0.1) is 11.3 Å². The van der Waals surface area contributed by atoms with Crippen molar-refractivity contribution >= 4 is 27.3 Å². The molecule has 0 aliphatic rings. The van der Waals surface area contributed by atoms with Crippen LogP contribution in [0, 0.1) is 5.92 Å². The normalized spacial score (nSPS) is 13.5. The monoisotopic (exact) mass is 275 g/mol. The Bertz CT molecular complexity index is 270. The van der Waals surface area contributed by atoms with Crippen molar-refractivity contribution in [1.29, 1.82) is 0 Å². The van der Waals surface area contributed by atoms with Crippen molar-refractivity contribution in [3.05, 3.63) is 20.8 Å². The molecule has 0 saturated carbocycles. The summed E-state index contributed by atoms with van der Waals surface area (Å²) in [6.07, 6.45) is 2.50. The van der Waals surface area contributed by atoms with Gasteiger partial charge in [-0.1, -0.05) is 13.8 Å². The quantitative estimate of drug-likeness (QED) is 0.849. The first-order valence-electron chi connectivity index (χ1n) is 5.06. The van der Waals surface area contributed by atoms with E-state index < -0.39 is 0 Å². The minimum absolute atomic E-state index is 0.522. The molecule has 80 valence electrons. The highest BCUT2D eigenvalue weighted by Crippen LogP contribution is 2.30. The van der Waals surface area contributed by atoms with Gasteiger partial charge in [0.05, 0.1) is 3.79 Å². The number of hydrogen-bond donors (Lipinski definition) is 1. The molecule has 0 amide bonds. The van der Waals surface area contributed by atoms with Gasteiger partial charge < -0.3 is 5.32 Å². The summed E-state index contributed by atoms with van der Waals surface area (Å²) in [5.41, 5.74) is 0. The molecule has 0 aromatic carbocycles. The average Bonchev–Trinajstić information content (AvgIpc) is 2.53. The highest BCUT2D eigenvalue weighted by molar-refractivity contribution is 9.11. The van der Waals surface area contributed by atoms with Gasteiger partial charge in [0.15, 0.2) is 0 Å². The Balaban J connectivity index is 2.54. The smallest absolute Gasteiger partial charge is 0.0701 e. The summed E-state index contributed by atoms with van der Waals surface area (Å²) < 4.78 is 1.22. The van der Waals surface area contributed by atoms with Gasteiger partial charge in [-0.3, -0.25) is 0 Å². The molecule has 1 nitrogen and oxygen atoms in total. The Morgan fingerprint density at radius 1 is 1.36 bits per heavy atom. The maximum Gasteiger partial charge on any atom is 0.0701 e. The molecule has 1 atom stereocenters. The maximum atomic E-state index is 3.50. The molecule has 1 rings (SSSR count). The van der Waals surface area contributed by atoms with Crippen molar-refractivity contribution in [3.63, 3.8) is 0 Å². The molecule has 0 fully saturated rings. The standard InChI is InChI=1S/C11H18BrNS/c1-8(2)4-5-9(13-3)10-6-7-11(12)14-10/h6-9,13H,4-5H2,1-3H3. The first kappa shape index (κ1) is 12.2. The molecule has 3 heteroatoms. The van der Waals surface area contributed by atoms with E-state index in [0.29, 0.717) is 6.04 Å². The first-order valence-corrected chi connectivity index (χ1v) is 6.67. The largest absolute Gasteiger partial charge is 0.312 e. The van der Waals surface area contributed by atoms with Crippen LogP contribution < -0.4 is 5.32 Å². The zero-order valence-corrected chi connectivity index (χ0v) is 11.4. The topological polar surface area (TPSA) is 12.0 Å². The summed E-state index contributed by atoms with van der Waals surface area (Å²) in [5.74, 6) is 0.786. The van der Waals surface area contributed by atoms with Gasteiger partial charge in [0.1, 0.15) is 0 Å². The van der Waals surface area contributed by atoms with Gasteiger partial charge in [0, 0.05) is 10.9 Å². The van der Waals surface area contributed by atoms with E-state index in [1.54, 1.807) is 0 Å². The second-order valence-corrected chi connectivity index (χ2v) is 6.45. The highest BCUT2D eigenvalue weighted by atomic mass is 79.9. The van der Waals surface area contributed by atoms with Crippen LogP contribution in [0.25, 0.3) is 0 Å². The molecule has 0 saturated heterocycles. The highest BCUT2D eigenvalue weighted by Gasteiger charge is 2.11. The van der Waals surface area contributed by atoms with E-state index in [1.807, 2.05) is 18.4 Å². The molecular formula is C11H18BrNS. The third-order valence-corrected chi connectivity index (χ3v) is 4.06. The van der Waals surface area contributed by atoms with Crippen LogP contribution in [0.5, 0.6) is 0 Å². The van der Waals surface area contributed by atoms with Crippen molar-refractivity contribution in [3.8, 4) is 0 Å². The summed E-state index contributed by atoms with van der Waals surface area (Å²) in [7, 11) is 2.04. The lowest BCUT2D eigenvalue weighted by molar-refractivity contribution is 0.469. The van der Waals surface area contributed by atoms with Crippen LogP contribution in [0.1, 0.15) is 37.6 Å². The third kappa shape index (κ3) is 3.71. The van der Waals surface area contributed by atoms with Crippen LogP contribution in [0.4, 0.5) is 0 Å². The van der Waals surface area contributed by atoms with Crippen molar-refractivity contribution in [2.45, 2.75) is 32.7 Å². The van der Waals surface area contributed by atoms with Crippen molar-refractivity contribution in [2.75, 3.05) is 7.05 Å². The summed E-state index contributed by atoms with van der Waals surface area (Å²) in [6, 6.07) is 4.85. The molecular weight excluding hydrogens is 258 g/mol. The second kappa shape index (κ2) is 5.89. The molecule has 1 heterocycles. The first-order chi connectivity index (χ1) is 6.63. The van der Waals surface area contributed by atoms with Crippen molar-refractivity contribution in [2.24, 2.45) is 5.92 Å². The Hall–Kier alpha value is 0.140. The van der Waals surface area contributed by atoms with E-state index in [2.05, 4.69) is 47.2 Å². The number of rotatable bonds is 5. The van der Waals surface area contributed by atoms with Crippen molar-refractivity contribution < 1.29 is 0 Å². The molecule has 0 radical (unpaired) electrons. The fraction of sp³-hybridized carbons (Fsp3) is 0.636. The van der Waals surface area contributed by atoms with Crippen molar-refractivity contribution in [1.82, 2.24) is 5.32 Å². The van der Waals surface area contributed by atoms with Crippen LogP contribution in [0.3, 0.4) is 0 Å². The zero-order valence-electron chi connectivity index (χ0n) is 9.01. The Labute approximate surface area is 99.0 Å². The molecule has 1 unspecified atom stereocenters. The summed E-state index contributed by atoms with van der Waals surface area (Å²) in [5, 5.41) is 3.38. The third-order valence-electron chi connectivity index (χ3n) is 2.32. The molecule has 0 spiro atoms. The molecule has 0 aliphatic heterocycles. The number of halogens is 1. The van der Waals surface area contributed by atoms with E-state index in [9.17, 15) is 0 Å². The lowest BCUT2D eigenvalue weighted by Gasteiger charge is -2.15. The minimum atomic E-state index is 0.522. The maximum absolute atomic E-state index is 3.50. The predicted molar refractivity (Wildman–Crippen MR) is 67.9 cm³/mol. The van der Waals surface area contributed by atoms with Gasteiger partial charge in [0.25, 0.3) is 0 Å². The molecule has 1 aromatic rings. The second-order valence-electron chi connectivity index (χ2n) is 3.95. The molecule has 1 aromatic heterocycles. The Morgan fingerprint density at radius 3 is 2.50 bits per heavy atom. The van der Waals surface area contributed by atoms with E-state index in [-0.39, 0.29) is 0 Å². The lowest BCUT2D eigenvalue weighted by atomic mass is 10.0. The summed E-state index contributed by atoms with van der Waals surface area (Å²) in [6.45, 7) is 4.55. The molecule has 0 aliphatic carbocycles. The van der Waals surface area contributed by atoms with Gasteiger partial charge in [-0.05, 0) is 53.9 Å². The van der Waals surface area contributed by atoms with Crippen LogP contribution in [0.2, 0.25) is 0 Å². The summed E-state index contributed by atoms with van der Waals surface area (Å²) in [4.78, 5) is 1.43. The van der Waals surface area contributed by atoms with Crippen LogP contribution in [-0.2, 0) is 0 Å². The number of nitrogens with one attached hydrogen (secondary N) is 1. The zero-order chi connectivity index (χ0) is 10.6. The number of thiophene rings is 1. The van der Waals surface area contributed by atoms with Crippen LogP contribution >= 0.6 is 27.3 Å². The number of hydrogen-bond acceptors (Lipinski definition) is 2. The summed E-state index contributed by atoms with van der Waals surface area (Å²) >= 11 is 5.33. The minimum Gasteiger partial charge on any atom is -0.312 e. The van der Waals surface area contributed by atoms with Gasteiger partial charge >= 0.3 is 0 Å². The molecule has 14 heavy (non-hydrogen) atoms. The van der Waals surface area contributed by atoms with E-state index in [0.717, 1.165) is 5.92 Å². The van der Waals surface area contributed by atoms with Crippen LogP contribution in [0.15, 0.2) is 15.9 Å². The SMILES string of the molecule is CNC(CCC(C)C)c1ccc(Br)s1. The van der Waals surface area contributed by atoms with E-state index in [4.69, 9.17) is 0 Å². The van der Waals surface area contributed by atoms with Crippen LogP contribution in [-0.4, -0.2) is 7.05 Å². The predicted octanol–water partition coefficient (Wildman–Crippen LogP) is 4.21. The van der Waals surface area contributed by atoms with Gasteiger partial charge in [-0.2, -0.15) is 0 Å². The Morgan fingerprint density at radius 2 is 2.07 bits per heavy atom. The van der Waals surface area contributed by atoms with Gasteiger partial charge in [0.2, 0.25) is 0 Å². The van der Waals surface area contributed by atoms with E-state index in [1.165, 1.54) is 21.5 Å². The average molecular weight is 276 g/mol.